The highest BCUT2D eigenvalue weighted by molar-refractivity contribution is 5.95. The van der Waals surface area contributed by atoms with Gasteiger partial charge in [-0.2, -0.15) is 0 Å². The van der Waals surface area contributed by atoms with E-state index in [0.717, 1.165) is 5.69 Å². The highest BCUT2D eigenvalue weighted by Gasteiger charge is 2.31. The molecule has 1 aromatic carbocycles. The molecule has 1 aliphatic heterocycles. The first-order valence-electron chi connectivity index (χ1n) is 5.51. The molecule has 1 heterocycles. The third-order valence-corrected chi connectivity index (χ3v) is 2.92. The van der Waals surface area contributed by atoms with E-state index >= 15 is 0 Å². The van der Waals surface area contributed by atoms with Gasteiger partial charge in [0.2, 0.25) is 0 Å². The molecule has 0 bridgehead atoms. The Kier molecular flexibility index (Phi) is 2.73. The summed E-state index contributed by atoms with van der Waals surface area (Å²) < 4.78 is 0. The topological polar surface area (TPSA) is 58.4 Å². The van der Waals surface area contributed by atoms with Gasteiger partial charge in [0, 0.05) is 17.9 Å². The van der Waals surface area contributed by atoms with Crippen LogP contribution in [0.1, 0.15) is 13.8 Å². The lowest BCUT2D eigenvalue weighted by Crippen LogP contribution is -2.31. The summed E-state index contributed by atoms with van der Waals surface area (Å²) in [5, 5.41) is 2.97. The van der Waals surface area contributed by atoms with Crippen molar-refractivity contribution in [1.82, 2.24) is 5.32 Å². The summed E-state index contributed by atoms with van der Waals surface area (Å²) in [7, 11) is 0. The fourth-order valence-corrected chi connectivity index (χ4v) is 1.85. The number of amides is 2. The molecule has 0 saturated carbocycles. The van der Waals surface area contributed by atoms with E-state index in [4.69, 9.17) is 5.73 Å². The van der Waals surface area contributed by atoms with Gasteiger partial charge >= 0.3 is 6.03 Å². The van der Waals surface area contributed by atoms with Crippen molar-refractivity contribution in [2.45, 2.75) is 19.9 Å². The van der Waals surface area contributed by atoms with Crippen molar-refractivity contribution < 1.29 is 4.79 Å². The second-order valence-corrected chi connectivity index (χ2v) is 4.51. The standard InChI is InChI=1S/C12H17N3O/c1-8(2)11-7-15(12(16)14-11)10-5-3-4-9(13)6-10/h3-6,8,11H,7,13H2,1-2H3,(H,14,16). The molecule has 1 aliphatic rings. The van der Waals surface area contributed by atoms with Crippen LogP contribution in [-0.4, -0.2) is 18.6 Å². The molecule has 1 atom stereocenters. The Bertz CT molecular complexity index is 403. The van der Waals surface area contributed by atoms with Crippen molar-refractivity contribution in [1.29, 1.82) is 0 Å². The minimum atomic E-state index is -0.0377. The fraction of sp³-hybridized carbons (Fsp3) is 0.417. The van der Waals surface area contributed by atoms with Crippen LogP contribution < -0.4 is 16.0 Å². The normalized spacial score (nSPS) is 20.3. The molecule has 0 aromatic heterocycles. The number of nitrogens with one attached hydrogen (secondary N) is 1. The molecule has 1 fully saturated rings. The average Bonchev–Trinajstić information content (AvgIpc) is 2.60. The van der Waals surface area contributed by atoms with Crippen LogP contribution in [0.4, 0.5) is 16.2 Å². The van der Waals surface area contributed by atoms with E-state index in [-0.39, 0.29) is 12.1 Å². The van der Waals surface area contributed by atoms with Crippen LogP contribution in [0.2, 0.25) is 0 Å². The van der Waals surface area contributed by atoms with E-state index in [9.17, 15) is 4.79 Å². The molecular formula is C12H17N3O. The molecule has 4 heteroatoms. The van der Waals surface area contributed by atoms with Crippen LogP contribution in [0.5, 0.6) is 0 Å². The Balaban J connectivity index is 2.20. The first kappa shape index (κ1) is 10.8. The molecule has 0 aliphatic carbocycles. The van der Waals surface area contributed by atoms with Gasteiger partial charge < -0.3 is 11.1 Å². The van der Waals surface area contributed by atoms with Gasteiger partial charge in [0.25, 0.3) is 0 Å². The van der Waals surface area contributed by atoms with E-state index in [1.165, 1.54) is 0 Å². The van der Waals surface area contributed by atoms with Crippen molar-refractivity contribution in [2.75, 3.05) is 17.2 Å². The number of carbonyl (C=O) groups excluding carboxylic acids is 1. The predicted octanol–water partition coefficient (Wildman–Crippen LogP) is 1.82. The summed E-state index contributed by atoms with van der Waals surface area (Å²) in [6.45, 7) is 4.92. The molecule has 0 radical (unpaired) electrons. The zero-order chi connectivity index (χ0) is 11.7. The smallest absolute Gasteiger partial charge is 0.322 e. The average molecular weight is 219 g/mol. The lowest BCUT2D eigenvalue weighted by molar-refractivity contribution is 0.249. The highest BCUT2D eigenvalue weighted by Crippen LogP contribution is 2.22. The third-order valence-electron chi connectivity index (χ3n) is 2.92. The Morgan fingerprint density at radius 2 is 2.25 bits per heavy atom. The zero-order valence-corrected chi connectivity index (χ0v) is 9.60. The molecule has 86 valence electrons. The van der Waals surface area contributed by atoms with Crippen molar-refractivity contribution in [3.63, 3.8) is 0 Å². The van der Waals surface area contributed by atoms with E-state index in [1.807, 2.05) is 24.3 Å². The van der Waals surface area contributed by atoms with Gasteiger partial charge in [-0.15, -0.1) is 0 Å². The largest absolute Gasteiger partial charge is 0.399 e. The van der Waals surface area contributed by atoms with Gasteiger partial charge in [0.1, 0.15) is 0 Å². The Morgan fingerprint density at radius 1 is 1.50 bits per heavy atom. The second-order valence-electron chi connectivity index (χ2n) is 4.51. The summed E-state index contributed by atoms with van der Waals surface area (Å²) in [6, 6.07) is 7.58. The Morgan fingerprint density at radius 3 is 2.81 bits per heavy atom. The molecule has 1 unspecified atom stereocenters. The van der Waals surface area contributed by atoms with Gasteiger partial charge in [-0.05, 0) is 24.1 Å². The van der Waals surface area contributed by atoms with Gasteiger partial charge in [0.05, 0.1) is 6.04 Å². The summed E-state index contributed by atoms with van der Waals surface area (Å²) in [5.41, 5.74) is 7.25. The fourth-order valence-electron chi connectivity index (χ4n) is 1.85. The lowest BCUT2D eigenvalue weighted by atomic mass is 10.1. The number of hydrogen-bond donors (Lipinski definition) is 2. The molecule has 2 amide bonds. The summed E-state index contributed by atoms with van der Waals surface area (Å²) in [5.74, 6) is 0.440. The highest BCUT2D eigenvalue weighted by atomic mass is 16.2. The summed E-state index contributed by atoms with van der Waals surface area (Å²) in [6.07, 6.45) is 0. The summed E-state index contributed by atoms with van der Waals surface area (Å²) in [4.78, 5) is 13.5. The molecule has 1 aromatic rings. The molecular weight excluding hydrogens is 202 g/mol. The van der Waals surface area contributed by atoms with Crippen molar-refractivity contribution >= 4 is 17.4 Å². The first-order valence-corrected chi connectivity index (χ1v) is 5.51. The minimum Gasteiger partial charge on any atom is -0.399 e. The van der Waals surface area contributed by atoms with Gasteiger partial charge in [-0.25, -0.2) is 4.79 Å². The number of anilines is 2. The molecule has 1 saturated heterocycles. The molecule has 0 spiro atoms. The maximum Gasteiger partial charge on any atom is 0.322 e. The maximum absolute atomic E-state index is 11.8. The van der Waals surface area contributed by atoms with Crippen LogP contribution >= 0.6 is 0 Å². The van der Waals surface area contributed by atoms with Crippen molar-refractivity contribution in [3.05, 3.63) is 24.3 Å². The van der Waals surface area contributed by atoms with Gasteiger partial charge in [0.15, 0.2) is 0 Å². The number of benzene rings is 1. The number of hydrogen-bond acceptors (Lipinski definition) is 2. The monoisotopic (exact) mass is 219 g/mol. The van der Waals surface area contributed by atoms with E-state index < -0.39 is 0 Å². The van der Waals surface area contributed by atoms with Crippen LogP contribution in [0.3, 0.4) is 0 Å². The van der Waals surface area contributed by atoms with Gasteiger partial charge in [-0.1, -0.05) is 19.9 Å². The lowest BCUT2D eigenvalue weighted by Gasteiger charge is -2.16. The van der Waals surface area contributed by atoms with E-state index in [0.29, 0.717) is 18.2 Å². The number of carbonyl (C=O) groups is 1. The zero-order valence-electron chi connectivity index (χ0n) is 9.60. The molecule has 3 N–H and O–H groups in total. The van der Waals surface area contributed by atoms with Crippen LogP contribution in [-0.2, 0) is 0 Å². The van der Waals surface area contributed by atoms with E-state index in [1.54, 1.807) is 4.90 Å². The van der Waals surface area contributed by atoms with Gasteiger partial charge in [-0.3, -0.25) is 4.90 Å². The molecule has 4 nitrogen and oxygen atoms in total. The maximum atomic E-state index is 11.8. The Labute approximate surface area is 95.4 Å². The quantitative estimate of drug-likeness (QED) is 0.745. The van der Waals surface area contributed by atoms with Crippen molar-refractivity contribution in [2.24, 2.45) is 5.92 Å². The third kappa shape index (κ3) is 1.96. The molecule has 2 rings (SSSR count). The SMILES string of the molecule is CC(C)C1CN(c2cccc(N)c2)C(=O)N1. The van der Waals surface area contributed by atoms with E-state index in [2.05, 4.69) is 19.2 Å². The number of rotatable bonds is 2. The second kappa shape index (κ2) is 4.04. The number of nitrogens with zero attached hydrogens (tertiary/aromatic N) is 1. The predicted molar refractivity (Wildman–Crippen MR) is 65.4 cm³/mol. The van der Waals surface area contributed by atoms with Crippen LogP contribution in [0, 0.1) is 5.92 Å². The Hall–Kier alpha value is -1.71. The first-order chi connectivity index (χ1) is 7.58. The number of nitrogen functional groups attached to an aromatic ring is 1. The van der Waals surface area contributed by atoms with Crippen LogP contribution in [0.25, 0.3) is 0 Å². The van der Waals surface area contributed by atoms with Crippen molar-refractivity contribution in [3.8, 4) is 0 Å². The minimum absolute atomic E-state index is 0.0377. The number of nitrogens with two attached hydrogens (primary N) is 1. The molecule has 16 heavy (non-hydrogen) atoms. The van der Waals surface area contributed by atoms with Crippen LogP contribution in [0.15, 0.2) is 24.3 Å². The number of urea groups is 1. The summed E-state index contributed by atoms with van der Waals surface area (Å²) >= 11 is 0.